The van der Waals surface area contributed by atoms with Gasteiger partial charge in [-0.3, -0.25) is 10.1 Å². The van der Waals surface area contributed by atoms with Gasteiger partial charge in [-0.05, 0) is 42.5 Å². The highest BCUT2D eigenvalue weighted by atomic mass is 35.5. The van der Waals surface area contributed by atoms with E-state index in [0.29, 0.717) is 21.3 Å². The van der Waals surface area contributed by atoms with Crippen LogP contribution in [0.1, 0.15) is 9.67 Å². The summed E-state index contributed by atoms with van der Waals surface area (Å²) in [6.07, 6.45) is 0. The fourth-order valence-corrected chi connectivity index (χ4v) is 4.37. The molecule has 1 amide bonds. The smallest absolute Gasteiger partial charge is 0.269 e. The monoisotopic (exact) mass is 438 g/mol. The van der Waals surface area contributed by atoms with Crippen LogP contribution in [-0.2, 0) is 0 Å². The van der Waals surface area contributed by atoms with E-state index >= 15 is 0 Å². The van der Waals surface area contributed by atoms with Crippen LogP contribution in [0.3, 0.4) is 0 Å². The fourth-order valence-electron chi connectivity index (χ4n) is 2.74. The van der Waals surface area contributed by atoms with E-state index in [-0.39, 0.29) is 11.0 Å². The number of ether oxygens (including phenoxy) is 1. The zero-order chi connectivity index (χ0) is 20.2. The van der Waals surface area contributed by atoms with E-state index in [1.807, 2.05) is 72.8 Å². The van der Waals surface area contributed by atoms with E-state index in [0.717, 1.165) is 15.8 Å². The molecule has 4 nitrogen and oxygen atoms in total. The lowest BCUT2D eigenvalue weighted by Crippen LogP contribution is -2.33. The van der Waals surface area contributed by atoms with Crippen LogP contribution < -0.4 is 15.4 Å². The Kier molecular flexibility index (Phi) is 5.76. The van der Waals surface area contributed by atoms with Crippen molar-refractivity contribution in [3.63, 3.8) is 0 Å². The van der Waals surface area contributed by atoms with Crippen molar-refractivity contribution >= 4 is 61.9 Å². The summed E-state index contributed by atoms with van der Waals surface area (Å²) in [5.74, 6) is 1.05. The van der Waals surface area contributed by atoms with Crippen LogP contribution in [0.25, 0.3) is 10.1 Å². The van der Waals surface area contributed by atoms with Gasteiger partial charge in [0.2, 0.25) is 0 Å². The Bertz CT molecular complexity index is 1190. The maximum atomic E-state index is 12.6. The Morgan fingerprint density at radius 3 is 2.45 bits per heavy atom. The Morgan fingerprint density at radius 2 is 1.66 bits per heavy atom. The Balaban J connectivity index is 1.43. The lowest BCUT2D eigenvalue weighted by Gasteiger charge is -2.11. The number of thiocarbonyl (C=S) groups is 1. The summed E-state index contributed by atoms with van der Waals surface area (Å²) in [6.45, 7) is 0. The number of halogens is 1. The molecular weight excluding hydrogens is 424 g/mol. The third-order valence-corrected chi connectivity index (χ3v) is 5.92. The van der Waals surface area contributed by atoms with Gasteiger partial charge in [0.25, 0.3) is 5.91 Å². The van der Waals surface area contributed by atoms with Crippen LogP contribution in [0.4, 0.5) is 5.69 Å². The summed E-state index contributed by atoms with van der Waals surface area (Å²) in [5, 5.41) is 7.16. The number of thiophene rings is 1. The molecule has 1 aromatic heterocycles. The van der Waals surface area contributed by atoms with Crippen molar-refractivity contribution in [1.82, 2.24) is 5.32 Å². The quantitative estimate of drug-likeness (QED) is 0.358. The molecule has 0 aliphatic heterocycles. The first-order valence-electron chi connectivity index (χ1n) is 8.72. The molecule has 1 heterocycles. The molecule has 0 atom stereocenters. The summed E-state index contributed by atoms with van der Waals surface area (Å²) in [4.78, 5) is 13.0. The average Bonchev–Trinajstić information content (AvgIpc) is 3.06. The molecule has 3 aromatic carbocycles. The van der Waals surface area contributed by atoms with Gasteiger partial charge in [0, 0.05) is 21.8 Å². The predicted molar refractivity (Wildman–Crippen MR) is 123 cm³/mol. The summed E-state index contributed by atoms with van der Waals surface area (Å²) in [6, 6.07) is 24.4. The highest BCUT2D eigenvalue weighted by Gasteiger charge is 2.17. The maximum absolute atomic E-state index is 12.6. The number of fused-ring (bicyclic) bond motifs is 1. The van der Waals surface area contributed by atoms with Crippen molar-refractivity contribution in [1.29, 1.82) is 0 Å². The largest absolute Gasteiger partial charge is 0.457 e. The summed E-state index contributed by atoms with van der Waals surface area (Å²) >= 11 is 13.0. The molecule has 0 saturated heterocycles. The molecule has 144 valence electrons. The molecular formula is C22H15ClN2O2S2. The van der Waals surface area contributed by atoms with Gasteiger partial charge < -0.3 is 10.1 Å². The number of benzene rings is 3. The lowest BCUT2D eigenvalue weighted by atomic mass is 10.2. The topological polar surface area (TPSA) is 50.4 Å². The van der Waals surface area contributed by atoms with Crippen molar-refractivity contribution in [2.75, 3.05) is 5.32 Å². The van der Waals surface area contributed by atoms with Gasteiger partial charge >= 0.3 is 0 Å². The Morgan fingerprint density at radius 1 is 0.931 bits per heavy atom. The van der Waals surface area contributed by atoms with Crippen molar-refractivity contribution in [2.24, 2.45) is 0 Å². The van der Waals surface area contributed by atoms with Crippen molar-refractivity contribution < 1.29 is 9.53 Å². The first-order valence-corrected chi connectivity index (χ1v) is 10.3. The minimum Gasteiger partial charge on any atom is -0.457 e. The van der Waals surface area contributed by atoms with E-state index in [9.17, 15) is 4.79 Å². The molecule has 0 unspecified atom stereocenters. The molecule has 0 saturated carbocycles. The second-order valence-corrected chi connectivity index (χ2v) is 7.93. The van der Waals surface area contributed by atoms with Gasteiger partial charge in [-0.2, -0.15) is 0 Å². The first-order chi connectivity index (χ1) is 14.1. The van der Waals surface area contributed by atoms with E-state index in [4.69, 9.17) is 28.6 Å². The molecule has 0 bridgehead atoms. The highest BCUT2D eigenvalue weighted by molar-refractivity contribution is 7.80. The molecule has 0 aliphatic rings. The van der Waals surface area contributed by atoms with E-state index in [1.54, 1.807) is 6.07 Å². The minimum absolute atomic E-state index is 0.181. The summed E-state index contributed by atoms with van der Waals surface area (Å²) < 4.78 is 6.77. The second kappa shape index (κ2) is 8.61. The number of carbonyl (C=O) groups is 1. The number of anilines is 1. The molecule has 0 spiro atoms. The number of carbonyl (C=O) groups excluding carboxylic acids is 1. The van der Waals surface area contributed by atoms with Gasteiger partial charge in [-0.25, -0.2) is 0 Å². The lowest BCUT2D eigenvalue weighted by molar-refractivity contribution is 0.0982. The number of nitrogens with one attached hydrogen (secondary N) is 2. The fraction of sp³-hybridized carbons (Fsp3) is 0. The van der Waals surface area contributed by atoms with Crippen LogP contribution in [0.2, 0.25) is 5.02 Å². The Labute approximate surface area is 182 Å². The van der Waals surface area contributed by atoms with Crippen molar-refractivity contribution in [3.05, 3.63) is 88.8 Å². The molecule has 4 aromatic rings. The molecule has 0 radical (unpaired) electrons. The number of amides is 1. The minimum atomic E-state index is -0.342. The van der Waals surface area contributed by atoms with Gasteiger partial charge in [-0.1, -0.05) is 54.1 Å². The third-order valence-electron chi connectivity index (χ3n) is 4.04. The molecule has 4 rings (SSSR count). The number of hydrogen-bond acceptors (Lipinski definition) is 4. The summed E-state index contributed by atoms with van der Waals surface area (Å²) in [5.41, 5.74) is 0.700. The predicted octanol–water partition coefficient (Wildman–Crippen LogP) is 6.47. The van der Waals surface area contributed by atoms with Crippen LogP contribution in [0, 0.1) is 0 Å². The number of hydrogen-bond donors (Lipinski definition) is 2. The SMILES string of the molecule is O=C(NC(=S)Nc1cccc(Oc2ccccc2)c1)c1sc2ccccc2c1Cl. The highest BCUT2D eigenvalue weighted by Crippen LogP contribution is 2.35. The number of para-hydroxylation sites is 1. The molecule has 2 N–H and O–H groups in total. The van der Waals surface area contributed by atoms with E-state index in [2.05, 4.69) is 10.6 Å². The first kappa shape index (κ1) is 19.4. The summed E-state index contributed by atoms with van der Waals surface area (Å²) in [7, 11) is 0. The molecule has 7 heteroatoms. The third kappa shape index (κ3) is 4.56. The van der Waals surface area contributed by atoms with Crippen LogP contribution in [0.5, 0.6) is 11.5 Å². The average molecular weight is 439 g/mol. The molecule has 0 aliphatic carbocycles. The standard InChI is InChI=1S/C22H15ClN2O2S2/c23-19-17-11-4-5-12-18(17)29-20(19)21(26)25-22(28)24-14-7-6-10-16(13-14)27-15-8-2-1-3-9-15/h1-13H,(H2,24,25,26,28). The Hall–Kier alpha value is -2.93. The van der Waals surface area contributed by atoms with Crippen LogP contribution in [0.15, 0.2) is 78.9 Å². The van der Waals surface area contributed by atoms with Gasteiger partial charge in [-0.15, -0.1) is 11.3 Å². The normalized spacial score (nSPS) is 10.5. The maximum Gasteiger partial charge on any atom is 0.269 e. The second-order valence-electron chi connectivity index (χ2n) is 6.09. The number of rotatable bonds is 4. The van der Waals surface area contributed by atoms with Crippen LogP contribution >= 0.6 is 35.2 Å². The van der Waals surface area contributed by atoms with Crippen molar-refractivity contribution in [3.8, 4) is 11.5 Å². The van der Waals surface area contributed by atoms with Gasteiger partial charge in [0.15, 0.2) is 5.11 Å². The molecule has 29 heavy (non-hydrogen) atoms. The zero-order valence-corrected chi connectivity index (χ0v) is 17.4. The molecule has 0 fully saturated rings. The van der Waals surface area contributed by atoms with Crippen LogP contribution in [-0.4, -0.2) is 11.0 Å². The van der Waals surface area contributed by atoms with Gasteiger partial charge in [0.1, 0.15) is 16.4 Å². The van der Waals surface area contributed by atoms with E-state index < -0.39 is 0 Å². The zero-order valence-electron chi connectivity index (χ0n) is 15.0. The van der Waals surface area contributed by atoms with Gasteiger partial charge in [0.05, 0.1) is 5.02 Å². The van der Waals surface area contributed by atoms with Crippen molar-refractivity contribution in [2.45, 2.75) is 0 Å². The van der Waals surface area contributed by atoms with E-state index in [1.165, 1.54) is 11.3 Å².